The van der Waals surface area contributed by atoms with Crippen LogP contribution in [-0.4, -0.2) is 6.29 Å². The molecule has 0 saturated carbocycles. The first-order valence-electron chi connectivity index (χ1n) is 9.94. The van der Waals surface area contributed by atoms with Crippen LogP contribution in [0.5, 0.6) is 0 Å². The highest BCUT2D eigenvalue weighted by molar-refractivity contribution is 5.65. The largest absolute Gasteiger partial charge is 0.286 e. The van der Waals surface area contributed by atoms with E-state index < -0.39 is 0 Å². The van der Waals surface area contributed by atoms with Crippen LogP contribution in [0.3, 0.4) is 0 Å². The Bertz CT molecular complexity index is 232. The summed E-state index contributed by atoms with van der Waals surface area (Å²) in [6, 6.07) is 0. The molecule has 0 atom stereocenters. The summed E-state index contributed by atoms with van der Waals surface area (Å²) in [5, 5.41) is 0. The lowest BCUT2D eigenvalue weighted by Gasteiger charge is -2.03. The molecule has 0 aliphatic heterocycles. The van der Waals surface area contributed by atoms with Gasteiger partial charge in [0.15, 0.2) is 0 Å². The van der Waals surface area contributed by atoms with Gasteiger partial charge in [-0.05, 0) is 18.9 Å². The third-order valence-electron chi connectivity index (χ3n) is 4.41. The van der Waals surface area contributed by atoms with Crippen LogP contribution in [0, 0.1) is 0 Å². The van der Waals surface area contributed by atoms with E-state index in [1.165, 1.54) is 109 Å². The van der Waals surface area contributed by atoms with Crippen molar-refractivity contribution in [1.29, 1.82) is 0 Å². The van der Waals surface area contributed by atoms with Crippen LogP contribution in [0.15, 0.2) is 12.2 Å². The molecule has 0 saturated heterocycles. The van der Waals surface area contributed by atoms with Crippen molar-refractivity contribution >= 4 is 6.29 Å². The van der Waals surface area contributed by atoms with E-state index in [-0.39, 0.29) is 0 Å². The average Bonchev–Trinajstić information content (AvgIpc) is 2.54. The molecule has 0 heterocycles. The van der Waals surface area contributed by atoms with Gasteiger partial charge in [-0.1, -0.05) is 109 Å². The Morgan fingerprint density at radius 3 is 1.32 bits per heavy atom. The predicted octanol–water partition coefficient (Wildman–Crippen LogP) is 7.30. The summed E-state index contributed by atoms with van der Waals surface area (Å²) in [5.74, 6) is 0. The monoisotopic (exact) mass is 307 g/mol. The average molecular weight is 308 g/mol. The van der Waals surface area contributed by atoms with Crippen molar-refractivity contribution in [2.45, 2.75) is 116 Å². The Balaban J connectivity index is 2.97. The topological polar surface area (TPSA) is 17.1 Å². The maximum atomic E-state index is 9.96. The first-order chi connectivity index (χ1) is 10.9. The maximum absolute atomic E-state index is 9.96. The van der Waals surface area contributed by atoms with Crippen molar-refractivity contribution in [3.63, 3.8) is 0 Å². The summed E-state index contributed by atoms with van der Waals surface area (Å²) in [5.41, 5.74) is 0. The summed E-state index contributed by atoms with van der Waals surface area (Å²) >= 11 is 0. The second kappa shape index (κ2) is 20.4. The van der Waals surface area contributed by atoms with Crippen molar-refractivity contribution in [1.82, 2.24) is 0 Å². The summed E-state index contributed by atoms with van der Waals surface area (Å²) in [4.78, 5) is 9.96. The summed E-state index contributed by atoms with van der Waals surface area (Å²) in [6.07, 6.45) is 28.8. The minimum Gasteiger partial charge on any atom is -0.286 e. The van der Waals surface area contributed by atoms with Gasteiger partial charge in [0.2, 0.25) is 6.29 Å². The van der Waals surface area contributed by atoms with Crippen molar-refractivity contribution in [2.75, 3.05) is 0 Å². The summed E-state index contributed by atoms with van der Waals surface area (Å²) in [7, 11) is 0. The third-order valence-corrected chi connectivity index (χ3v) is 4.41. The van der Waals surface area contributed by atoms with Gasteiger partial charge in [-0.25, -0.2) is 0 Å². The van der Waals surface area contributed by atoms with Gasteiger partial charge < -0.3 is 0 Å². The molecule has 0 fully saturated rings. The van der Waals surface area contributed by atoms with E-state index in [1.807, 2.05) is 6.08 Å². The molecule has 0 aromatic rings. The molecule has 1 radical (unpaired) electrons. The highest BCUT2D eigenvalue weighted by atomic mass is 16.1. The van der Waals surface area contributed by atoms with Crippen LogP contribution in [-0.2, 0) is 4.79 Å². The third kappa shape index (κ3) is 19.4. The van der Waals surface area contributed by atoms with Crippen LogP contribution >= 0.6 is 0 Å². The molecule has 0 aromatic heterocycles. The Labute approximate surface area is 140 Å². The fourth-order valence-electron chi connectivity index (χ4n) is 2.94. The molecule has 0 aliphatic carbocycles. The number of allylic oxidation sites excluding steroid dienone is 2. The molecule has 1 heteroatoms. The molecule has 0 amide bonds. The molecule has 0 aliphatic rings. The van der Waals surface area contributed by atoms with E-state index in [4.69, 9.17) is 0 Å². The van der Waals surface area contributed by atoms with E-state index in [0.29, 0.717) is 0 Å². The lowest BCUT2D eigenvalue weighted by Crippen LogP contribution is -1.83. The number of carbonyl (C=O) groups excluding carboxylic acids is 1. The van der Waals surface area contributed by atoms with Crippen LogP contribution in [0.1, 0.15) is 116 Å². The van der Waals surface area contributed by atoms with E-state index in [2.05, 4.69) is 6.92 Å². The first-order valence-corrected chi connectivity index (χ1v) is 9.94. The lowest BCUT2D eigenvalue weighted by atomic mass is 10.0. The second-order valence-electron chi connectivity index (χ2n) is 6.61. The number of rotatable bonds is 18. The minimum atomic E-state index is 1.04. The number of hydrogen-bond donors (Lipinski definition) is 0. The van der Waals surface area contributed by atoms with Crippen LogP contribution in [0.2, 0.25) is 0 Å². The summed E-state index contributed by atoms with van der Waals surface area (Å²) in [6.45, 7) is 2.28. The second-order valence-corrected chi connectivity index (χ2v) is 6.61. The molecular weight excluding hydrogens is 268 g/mol. The van der Waals surface area contributed by atoms with E-state index in [9.17, 15) is 4.79 Å². The maximum Gasteiger partial charge on any atom is 0.225 e. The van der Waals surface area contributed by atoms with Crippen molar-refractivity contribution < 1.29 is 4.79 Å². The standard InChI is InChI=1S/C21H39O/c1-2-3-4-5-6-7-8-9-10-11-12-13-14-15-16-17-18-19-20-21-22/h19-20H,2-18H2,1H3. The molecule has 1 nitrogen and oxygen atoms in total. The van der Waals surface area contributed by atoms with Gasteiger partial charge in [0.1, 0.15) is 0 Å². The fraction of sp³-hybridized carbons (Fsp3) is 0.857. The van der Waals surface area contributed by atoms with Crippen LogP contribution in [0.25, 0.3) is 0 Å². The fourth-order valence-corrected chi connectivity index (χ4v) is 2.94. The molecule has 0 spiro atoms. The van der Waals surface area contributed by atoms with Gasteiger partial charge in [0, 0.05) is 0 Å². The smallest absolute Gasteiger partial charge is 0.225 e. The Kier molecular flexibility index (Phi) is 19.9. The SMILES string of the molecule is CCCCCCCCCCCCCCCCCCC=C[C]=O. The Morgan fingerprint density at radius 1 is 0.591 bits per heavy atom. The zero-order valence-electron chi connectivity index (χ0n) is 15.1. The van der Waals surface area contributed by atoms with E-state index >= 15 is 0 Å². The normalized spacial score (nSPS) is 11.3. The van der Waals surface area contributed by atoms with Crippen molar-refractivity contribution in [3.05, 3.63) is 12.2 Å². The van der Waals surface area contributed by atoms with Gasteiger partial charge >= 0.3 is 0 Å². The van der Waals surface area contributed by atoms with Gasteiger partial charge in [-0.15, -0.1) is 0 Å². The highest BCUT2D eigenvalue weighted by Gasteiger charge is 1.94. The highest BCUT2D eigenvalue weighted by Crippen LogP contribution is 2.13. The molecular formula is C21H39O. The van der Waals surface area contributed by atoms with Crippen molar-refractivity contribution in [2.24, 2.45) is 0 Å². The summed E-state index contributed by atoms with van der Waals surface area (Å²) < 4.78 is 0. The van der Waals surface area contributed by atoms with Gasteiger partial charge in [0.25, 0.3) is 0 Å². The zero-order chi connectivity index (χ0) is 16.1. The van der Waals surface area contributed by atoms with Gasteiger partial charge in [-0.2, -0.15) is 0 Å². The van der Waals surface area contributed by atoms with Crippen LogP contribution < -0.4 is 0 Å². The lowest BCUT2D eigenvalue weighted by molar-refractivity contribution is 0.530. The van der Waals surface area contributed by atoms with Crippen molar-refractivity contribution in [3.8, 4) is 0 Å². The van der Waals surface area contributed by atoms with Gasteiger partial charge in [-0.3, -0.25) is 4.79 Å². The number of hydrogen-bond acceptors (Lipinski definition) is 1. The van der Waals surface area contributed by atoms with Gasteiger partial charge in [0.05, 0.1) is 0 Å². The number of unbranched alkanes of at least 4 members (excludes halogenated alkanes) is 16. The molecule has 0 N–H and O–H groups in total. The zero-order valence-corrected chi connectivity index (χ0v) is 15.1. The molecule has 0 aromatic carbocycles. The molecule has 129 valence electrons. The molecule has 0 rings (SSSR count). The first kappa shape index (κ1) is 21.4. The quantitative estimate of drug-likeness (QED) is 0.192. The minimum absolute atomic E-state index is 1.04. The molecule has 0 unspecified atom stereocenters. The Morgan fingerprint density at radius 2 is 0.955 bits per heavy atom. The van der Waals surface area contributed by atoms with E-state index in [0.717, 1.165) is 6.42 Å². The van der Waals surface area contributed by atoms with Crippen LogP contribution in [0.4, 0.5) is 0 Å². The molecule has 0 bridgehead atoms. The molecule has 22 heavy (non-hydrogen) atoms. The Hall–Kier alpha value is -0.590. The predicted molar refractivity (Wildman–Crippen MR) is 99.0 cm³/mol. The van der Waals surface area contributed by atoms with E-state index in [1.54, 1.807) is 6.29 Å².